The molecule has 0 aliphatic carbocycles. The zero-order valence-corrected chi connectivity index (χ0v) is 43.8. The van der Waals surface area contributed by atoms with E-state index in [2.05, 4.69) is 67.8 Å². The van der Waals surface area contributed by atoms with Crippen molar-refractivity contribution in [3.8, 4) is 0 Å². The van der Waals surface area contributed by atoms with Crippen LogP contribution in [0.2, 0.25) is 0 Å². The summed E-state index contributed by atoms with van der Waals surface area (Å²) >= 11 is 0. The predicted octanol–water partition coefficient (Wildman–Crippen LogP) is 19.2. The van der Waals surface area contributed by atoms with Crippen molar-refractivity contribution >= 4 is 5.91 Å². The minimum Gasteiger partial charge on any atom is -0.394 e. The minimum absolute atomic E-state index is 0.0758. The molecule has 0 spiro atoms. The maximum Gasteiger partial charge on any atom is 0.220 e. The first kappa shape index (κ1) is 63.1. The molecule has 0 saturated heterocycles. The molecule has 0 bridgehead atoms. The molecule has 4 nitrogen and oxygen atoms in total. The minimum atomic E-state index is -0.873. The summed E-state index contributed by atoms with van der Waals surface area (Å²) in [6.45, 7) is 4.31. The van der Waals surface area contributed by atoms with Gasteiger partial charge in [0.15, 0.2) is 0 Å². The molecule has 0 fully saturated rings. The summed E-state index contributed by atoms with van der Waals surface area (Å²) in [4.78, 5) is 12.5. The monoisotopic (exact) mass is 908 g/mol. The van der Waals surface area contributed by atoms with E-state index in [-0.39, 0.29) is 12.5 Å². The van der Waals surface area contributed by atoms with Crippen molar-refractivity contribution in [2.45, 2.75) is 315 Å². The number of allylic oxidation sites excluding steroid dienone is 9. The Morgan fingerprint density at radius 1 is 0.369 bits per heavy atom. The van der Waals surface area contributed by atoms with Gasteiger partial charge in [0.25, 0.3) is 0 Å². The Kier molecular flexibility index (Phi) is 54.8. The molecule has 0 aromatic carbocycles. The first-order valence-electron chi connectivity index (χ1n) is 29.0. The van der Waals surface area contributed by atoms with Crippen LogP contribution in [0.15, 0.2) is 60.8 Å². The SMILES string of the molecule is CCCCCCC/C=C\C/C=C\CCCCCCCCCCCCCCCCCC(=O)NC(CO)C(O)/C=C/CC/C=C/CC/C=C/CCCCCCCCCCCCCCCCCC. The fraction of sp³-hybridized carbons (Fsp3) is 0.820. The number of hydrogen-bond acceptors (Lipinski definition) is 3. The standard InChI is InChI=1S/C61H113NO3/c1-3-5-7-9-11-13-15-17-19-21-23-25-27-29-31-33-35-37-39-41-43-45-47-49-51-53-55-57-61(65)62-59(58-63)60(64)56-54-52-50-48-46-44-42-40-38-36-34-32-30-28-26-24-22-20-18-16-14-12-10-8-6-4-2/h15,17,21,23,38,40,46,48,54,56,59-60,63-64H,3-14,16,18-20,22,24-37,39,41-45,47,49-53,55,57-58H2,1-2H3,(H,62,65)/b17-15-,23-21-,40-38+,48-46+,56-54+. The van der Waals surface area contributed by atoms with Gasteiger partial charge in [-0.2, -0.15) is 0 Å². The molecule has 0 aliphatic heterocycles. The number of nitrogens with one attached hydrogen (secondary N) is 1. The predicted molar refractivity (Wildman–Crippen MR) is 290 cm³/mol. The Balaban J connectivity index is 3.55. The van der Waals surface area contributed by atoms with E-state index in [0.29, 0.717) is 6.42 Å². The van der Waals surface area contributed by atoms with Crippen molar-refractivity contribution in [2.24, 2.45) is 0 Å². The van der Waals surface area contributed by atoms with Crippen LogP contribution < -0.4 is 5.32 Å². The quantitative estimate of drug-likeness (QED) is 0.0421. The van der Waals surface area contributed by atoms with Crippen molar-refractivity contribution in [1.82, 2.24) is 5.32 Å². The van der Waals surface area contributed by atoms with Gasteiger partial charge in [-0.1, -0.05) is 280 Å². The van der Waals surface area contributed by atoms with E-state index < -0.39 is 12.1 Å². The topological polar surface area (TPSA) is 69.6 Å². The van der Waals surface area contributed by atoms with E-state index in [1.807, 2.05) is 6.08 Å². The van der Waals surface area contributed by atoms with Crippen molar-refractivity contribution < 1.29 is 15.0 Å². The molecule has 0 aromatic rings. The van der Waals surface area contributed by atoms with Gasteiger partial charge in [-0.15, -0.1) is 0 Å². The number of amides is 1. The molecule has 3 N–H and O–H groups in total. The molecular weight excluding hydrogens is 795 g/mol. The number of aliphatic hydroxyl groups is 2. The number of unbranched alkanes of at least 4 members (excludes halogenated alkanes) is 38. The van der Waals surface area contributed by atoms with E-state index in [0.717, 1.165) is 44.9 Å². The number of aliphatic hydroxyl groups excluding tert-OH is 2. The van der Waals surface area contributed by atoms with Gasteiger partial charge in [-0.3, -0.25) is 4.79 Å². The molecule has 2 atom stereocenters. The van der Waals surface area contributed by atoms with Crippen LogP contribution in [0.5, 0.6) is 0 Å². The van der Waals surface area contributed by atoms with Crippen molar-refractivity contribution in [1.29, 1.82) is 0 Å². The second-order valence-corrected chi connectivity index (χ2v) is 19.7. The molecule has 0 aromatic heterocycles. The summed E-state index contributed by atoms with van der Waals surface area (Å²) in [5.74, 6) is -0.0758. The molecular formula is C61H113NO3. The van der Waals surface area contributed by atoms with Crippen LogP contribution in [0.25, 0.3) is 0 Å². The average molecular weight is 909 g/mol. The first-order valence-corrected chi connectivity index (χ1v) is 29.0. The first-order chi connectivity index (χ1) is 32.2. The number of rotatable bonds is 53. The second-order valence-electron chi connectivity index (χ2n) is 19.7. The molecule has 65 heavy (non-hydrogen) atoms. The summed E-state index contributed by atoms with van der Waals surface area (Å²) in [5, 5.41) is 23.2. The lowest BCUT2D eigenvalue weighted by Crippen LogP contribution is -2.45. The molecule has 2 unspecified atom stereocenters. The van der Waals surface area contributed by atoms with E-state index in [1.165, 1.54) is 238 Å². The fourth-order valence-corrected chi connectivity index (χ4v) is 8.77. The Labute approximate surface area is 406 Å². The van der Waals surface area contributed by atoms with Crippen LogP contribution in [0.3, 0.4) is 0 Å². The van der Waals surface area contributed by atoms with Gasteiger partial charge in [-0.25, -0.2) is 0 Å². The van der Waals surface area contributed by atoms with Gasteiger partial charge in [0.1, 0.15) is 0 Å². The van der Waals surface area contributed by atoms with E-state index in [4.69, 9.17) is 0 Å². The van der Waals surface area contributed by atoms with Gasteiger partial charge in [0.2, 0.25) is 5.91 Å². The highest BCUT2D eigenvalue weighted by molar-refractivity contribution is 5.76. The lowest BCUT2D eigenvalue weighted by atomic mass is 10.0. The smallest absolute Gasteiger partial charge is 0.220 e. The van der Waals surface area contributed by atoms with Crippen molar-refractivity contribution in [3.63, 3.8) is 0 Å². The number of carbonyl (C=O) groups is 1. The zero-order chi connectivity index (χ0) is 47.0. The summed E-state index contributed by atoms with van der Waals surface area (Å²) in [5.41, 5.74) is 0. The van der Waals surface area contributed by atoms with E-state index in [9.17, 15) is 15.0 Å². The molecule has 0 rings (SSSR count). The summed E-state index contributed by atoms with van der Waals surface area (Å²) in [7, 11) is 0. The van der Waals surface area contributed by atoms with Crippen molar-refractivity contribution in [2.75, 3.05) is 6.61 Å². The van der Waals surface area contributed by atoms with Crippen LogP contribution in [-0.2, 0) is 4.79 Å². The highest BCUT2D eigenvalue weighted by Crippen LogP contribution is 2.16. The summed E-state index contributed by atoms with van der Waals surface area (Å²) < 4.78 is 0. The van der Waals surface area contributed by atoms with Gasteiger partial charge < -0.3 is 15.5 Å². The molecule has 1 amide bonds. The highest BCUT2D eigenvalue weighted by Gasteiger charge is 2.18. The average Bonchev–Trinajstić information content (AvgIpc) is 3.31. The van der Waals surface area contributed by atoms with Crippen LogP contribution in [0.1, 0.15) is 303 Å². The second kappa shape index (κ2) is 56.4. The molecule has 0 heterocycles. The van der Waals surface area contributed by atoms with Crippen LogP contribution in [0.4, 0.5) is 0 Å². The van der Waals surface area contributed by atoms with Gasteiger partial charge in [0, 0.05) is 6.42 Å². The molecule has 4 heteroatoms. The van der Waals surface area contributed by atoms with Gasteiger partial charge in [-0.05, 0) is 77.0 Å². The van der Waals surface area contributed by atoms with Crippen LogP contribution >= 0.6 is 0 Å². The Morgan fingerprint density at radius 2 is 0.646 bits per heavy atom. The summed E-state index contributed by atoms with van der Waals surface area (Å²) in [6.07, 6.45) is 79.6. The molecule has 0 saturated carbocycles. The van der Waals surface area contributed by atoms with Crippen LogP contribution in [0, 0.1) is 0 Å². The zero-order valence-electron chi connectivity index (χ0n) is 43.8. The normalized spacial score (nSPS) is 13.2. The molecule has 0 aliphatic rings. The van der Waals surface area contributed by atoms with Crippen LogP contribution in [-0.4, -0.2) is 34.9 Å². The Bertz CT molecular complexity index is 1070. The molecule has 380 valence electrons. The third-order valence-corrected chi connectivity index (χ3v) is 13.2. The third-order valence-electron chi connectivity index (χ3n) is 13.2. The highest BCUT2D eigenvalue weighted by atomic mass is 16.3. The maximum atomic E-state index is 12.5. The lowest BCUT2D eigenvalue weighted by molar-refractivity contribution is -0.123. The largest absolute Gasteiger partial charge is 0.394 e. The Hall–Kier alpha value is -1.91. The van der Waals surface area contributed by atoms with Gasteiger partial charge in [0.05, 0.1) is 18.8 Å². The molecule has 0 radical (unpaired) electrons. The third kappa shape index (κ3) is 52.9. The number of carbonyl (C=O) groups excluding carboxylic acids is 1. The summed E-state index contributed by atoms with van der Waals surface area (Å²) in [6, 6.07) is -0.648. The van der Waals surface area contributed by atoms with Crippen molar-refractivity contribution in [3.05, 3.63) is 60.8 Å². The Morgan fingerprint density at radius 3 is 0.985 bits per heavy atom. The lowest BCUT2D eigenvalue weighted by Gasteiger charge is -2.19. The number of hydrogen-bond donors (Lipinski definition) is 3. The van der Waals surface area contributed by atoms with E-state index in [1.54, 1.807) is 6.08 Å². The van der Waals surface area contributed by atoms with E-state index >= 15 is 0 Å². The maximum absolute atomic E-state index is 12.5. The van der Waals surface area contributed by atoms with Gasteiger partial charge >= 0.3 is 0 Å². The fourth-order valence-electron chi connectivity index (χ4n) is 8.77.